The second-order valence-electron chi connectivity index (χ2n) is 14.8. The number of rotatable bonds is 26. The predicted octanol–water partition coefficient (Wildman–Crippen LogP) is 8.21. The first kappa shape index (κ1) is 46.1. The molecule has 0 saturated heterocycles. The molecule has 4 aromatic carbocycles. The number of benzene rings is 4. The number of ketones is 3. The third kappa shape index (κ3) is 18.3. The molecule has 4 aromatic rings. The molecule has 5 amide bonds. The van der Waals surface area contributed by atoms with Gasteiger partial charge >= 0.3 is 12.1 Å². The molecule has 4 rings (SSSR count). The van der Waals surface area contributed by atoms with E-state index in [1.165, 1.54) is 12.2 Å². The van der Waals surface area contributed by atoms with Crippen LogP contribution in [0, 0.1) is 0 Å². The molecule has 0 aromatic heterocycles. The average molecular weight is 812 g/mol. The summed E-state index contributed by atoms with van der Waals surface area (Å²) in [6.07, 6.45) is 9.55. The summed E-state index contributed by atoms with van der Waals surface area (Å²) in [5.74, 6) is 0.0675. The minimum atomic E-state index is -0.324. The van der Waals surface area contributed by atoms with E-state index in [9.17, 15) is 28.8 Å². The van der Waals surface area contributed by atoms with E-state index in [1.807, 2.05) is 84.9 Å². The van der Waals surface area contributed by atoms with E-state index in [4.69, 9.17) is 0 Å². The van der Waals surface area contributed by atoms with Crippen LogP contribution in [0.2, 0.25) is 0 Å². The molecule has 11 nitrogen and oxygen atoms in total. The highest BCUT2D eigenvalue weighted by atomic mass is 16.2. The van der Waals surface area contributed by atoms with Crippen molar-refractivity contribution < 1.29 is 28.8 Å². The molecule has 11 heteroatoms. The first-order valence-electron chi connectivity index (χ1n) is 20.6. The Morgan fingerprint density at radius 3 is 1.25 bits per heavy atom. The van der Waals surface area contributed by atoms with Crippen molar-refractivity contribution in [2.45, 2.75) is 77.0 Å². The summed E-state index contributed by atoms with van der Waals surface area (Å²) < 4.78 is 0. The smallest absolute Gasteiger partial charge is 0.319 e. The zero-order chi connectivity index (χ0) is 43.0. The molecule has 60 heavy (non-hydrogen) atoms. The van der Waals surface area contributed by atoms with Crippen LogP contribution in [-0.2, 0) is 44.9 Å². The molecule has 0 unspecified atom stereocenters. The summed E-state index contributed by atoms with van der Waals surface area (Å²) in [5.41, 5.74) is 7.76. The van der Waals surface area contributed by atoms with Crippen LogP contribution in [0.3, 0.4) is 0 Å². The normalized spacial score (nSPS) is 10.5. The summed E-state index contributed by atoms with van der Waals surface area (Å²) >= 11 is 0. The highest BCUT2D eigenvalue weighted by Gasteiger charge is 2.09. The van der Waals surface area contributed by atoms with Crippen molar-refractivity contribution in [2.75, 3.05) is 30.3 Å². The monoisotopic (exact) mass is 811 g/mol. The number of hydrogen-bond donors (Lipinski definition) is 5. The summed E-state index contributed by atoms with van der Waals surface area (Å²) in [5, 5.41) is 14.0. The third-order valence-electron chi connectivity index (χ3n) is 9.74. The van der Waals surface area contributed by atoms with Crippen molar-refractivity contribution in [3.8, 4) is 0 Å². The maximum absolute atomic E-state index is 12.6. The fourth-order valence-corrected chi connectivity index (χ4v) is 6.38. The molecule has 0 heterocycles. The van der Waals surface area contributed by atoms with Crippen LogP contribution in [0.25, 0.3) is 0 Å². The van der Waals surface area contributed by atoms with E-state index in [2.05, 4.69) is 51.9 Å². The Bertz CT molecular complexity index is 1890. The molecule has 0 atom stereocenters. The van der Waals surface area contributed by atoms with E-state index in [1.54, 1.807) is 0 Å². The minimum Gasteiger partial charge on any atom is -0.353 e. The molecule has 0 aliphatic rings. The number of urea groups is 2. The molecule has 5 N–H and O–H groups in total. The van der Waals surface area contributed by atoms with Gasteiger partial charge in [0, 0.05) is 63.1 Å². The average Bonchev–Trinajstić information content (AvgIpc) is 3.25. The lowest BCUT2D eigenvalue weighted by Gasteiger charge is -2.10. The topological polar surface area (TPSA) is 163 Å². The Morgan fingerprint density at radius 2 is 0.800 bits per heavy atom. The highest BCUT2D eigenvalue weighted by molar-refractivity contribution is 5.90. The first-order valence-corrected chi connectivity index (χ1v) is 20.6. The van der Waals surface area contributed by atoms with E-state index in [0.717, 1.165) is 59.1 Å². The van der Waals surface area contributed by atoms with Gasteiger partial charge in [-0.15, -0.1) is 0 Å². The van der Waals surface area contributed by atoms with Crippen LogP contribution < -0.4 is 26.6 Å². The SMILES string of the molecule is C=CC(=O)CCCNC(=O)Nc1ccc(Cc2ccc(NC(=O)NCCCCCC(=O)Cc3ccc(Cc4ccc(CC(=O)CCCNC(=O)C=C)cc4)cc3)cc2)cc1. The largest absolute Gasteiger partial charge is 0.353 e. The standard InChI is InChI=1S/C49H57N5O6/c1-3-44(55)11-8-31-52-49(60)54-43-27-23-39(24-28-43)33-38-21-25-42(26-22-38)53-48(59)51-29-7-5-6-10-45(56)34-40-17-13-36(14-18-40)32-37-15-19-41(20-16-37)35-46(57)12-9-30-50-47(58)4-2/h3-4,13-28H,1-2,5-12,29-35H2,(H,50,58)(H2,51,53,59)(H2,52,54,60). The lowest BCUT2D eigenvalue weighted by atomic mass is 9.98. The molecular weight excluding hydrogens is 755 g/mol. The minimum absolute atomic E-state index is 0.0428. The van der Waals surface area contributed by atoms with E-state index in [-0.39, 0.29) is 35.3 Å². The van der Waals surface area contributed by atoms with Gasteiger partial charge < -0.3 is 26.6 Å². The number of carbonyl (C=O) groups excluding carboxylic acids is 6. The van der Waals surface area contributed by atoms with Crippen LogP contribution in [0.15, 0.2) is 122 Å². The summed E-state index contributed by atoms with van der Waals surface area (Å²) in [7, 11) is 0. The van der Waals surface area contributed by atoms with E-state index in [0.29, 0.717) is 82.4 Å². The van der Waals surface area contributed by atoms with Crippen molar-refractivity contribution in [1.29, 1.82) is 0 Å². The maximum atomic E-state index is 12.6. The highest BCUT2D eigenvalue weighted by Crippen LogP contribution is 2.17. The second-order valence-corrected chi connectivity index (χ2v) is 14.8. The van der Waals surface area contributed by atoms with Gasteiger partial charge in [0.25, 0.3) is 0 Å². The number of nitrogens with one attached hydrogen (secondary N) is 5. The molecule has 0 spiro atoms. The van der Waals surface area contributed by atoms with Crippen LogP contribution >= 0.6 is 0 Å². The van der Waals surface area contributed by atoms with Crippen molar-refractivity contribution in [1.82, 2.24) is 16.0 Å². The van der Waals surface area contributed by atoms with Gasteiger partial charge in [-0.1, -0.05) is 92.4 Å². The van der Waals surface area contributed by atoms with E-state index < -0.39 is 0 Å². The molecule has 0 bridgehead atoms. The molecule has 0 aliphatic heterocycles. The van der Waals surface area contributed by atoms with Gasteiger partial charge in [-0.3, -0.25) is 19.2 Å². The van der Waals surface area contributed by atoms with Gasteiger partial charge in [0.2, 0.25) is 5.91 Å². The Morgan fingerprint density at radius 1 is 0.417 bits per heavy atom. The van der Waals surface area contributed by atoms with Gasteiger partial charge in [0.05, 0.1) is 0 Å². The first-order chi connectivity index (χ1) is 29.1. The van der Waals surface area contributed by atoms with Gasteiger partial charge in [0.1, 0.15) is 11.6 Å². The van der Waals surface area contributed by atoms with Crippen LogP contribution in [0.5, 0.6) is 0 Å². The lowest BCUT2D eigenvalue weighted by Crippen LogP contribution is -2.29. The van der Waals surface area contributed by atoms with Gasteiger partial charge in [-0.05, 0) is 108 Å². The fourth-order valence-electron chi connectivity index (χ4n) is 6.38. The number of Topliss-reactive ketones (excluding diaryl/α,β-unsaturated/α-hetero) is 2. The molecule has 0 fully saturated rings. The van der Waals surface area contributed by atoms with Gasteiger partial charge in [-0.2, -0.15) is 0 Å². The summed E-state index contributed by atoms with van der Waals surface area (Å²) in [6.45, 7) is 8.23. The third-order valence-corrected chi connectivity index (χ3v) is 9.74. The van der Waals surface area contributed by atoms with Crippen molar-refractivity contribution >= 4 is 46.7 Å². The van der Waals surface area contributed by atoms with Crippen molar-refractivity contribution in [2.24, 2.45) is 0 Å². The quantitative estimate of drug-likeness (QED) is 0.0317. The zero-order valence-electron chi connectivity index (χ0n) is 34.4. The Balaban J connectivity index is 1.04. The number of hydrogen-bond acceptors (Lipinski definition) is 6. The Hall–Kier alpha value is -6.62. The van der Waals surface area contributed by atoms with Crippen LogP contribution in [0.1, 0.15) is 84.7 Å². The number of amides is 5. The molecule has 0 aliphatic carbocycles. The van der Waals surface area contributed by atoms with Crippen LogP contribution in [0.4, 0.5) is 21.0 Å². The number of carbonyl (C=O) groups is 6. The van der Waals surface area contributed by atoms with Crippen LogP contribution in [-0.4, -0.2) is 55.0 Å². The van der Waals surface area contributed by atoms with Gasteiger partial charge in [-0.25, -0.2) is 9.59 Å². The van der Waals surface area contributed by atoms with Crippen molar-refractivity contribution in [3.63, 3.8) is 0 Å². The number of anilines is 2. The second kappa shape index (κ2) is 25.7. The molecule has 0 radical (unpaired) electrons. The molecule has 0 saturated carbocycles. The zero-order valence-corrected chi connectivity index (χ0v) is 34.4. The predicted molar refractivity (Wildman–Crippen MR) is 238 cm³/mol. The maximum Gasteiger partial charge on any atom is 0.319 e. The summed E-state index contributed by atoms with van der Waals surface area (Å²) in [4.78, 5) is 71.9. The Kier molecular flexibility index (Phi) is 19.7. The number of unbranched alkanes of at least 4 members (excludes halogenated alkanes) is 2. The summed E-state index contributed by atoms with van der Waals surface area (Å²) in [6, 6.07) is 30.8. The fraction of sp³-hybridized carbons (Fsp3) is 0.306. The molecular formula is C49H57N5O6. The van der Waals surface area contributed by atoms with E-state index >= 15 is 0 Å². The van der Waals surface area contributed by atoms with Gasteiger partial charge in [0.15, 0.2) is 5.78 Å². The lowest BCUT2D eigenvalue weighted by molar-refractivity contribution is -0.119. The number of allylic oxidation sites excluding steroid dienone is 1. The molecule has 314 valence electrons. The Labute approximate surface area is 353 Å². The van der Waals surface area contributed by atoms with Crippen molar-refractivity contribution in [3.05, 3.63) is 156 Å².